The summed E-state index contributed by atoms with van der Waals surface area (Å²) >= 11 is 0. The Hall–Kier alpha value is -4.18. The molecule has 15 heteroatoms. The summed E-state index contributed by atoms with van der Waals surface area (Å²) in [5.41, 5.74) is -0.522. The Morgan fingerprint density at radius 1 is 0.629 bits per heavy atom. The number of hydrogen-bond acceptors (Lipinski definition) is 11. The SMILES string of the molecule is O=S(=O)(O)C(=C(c1ccccc1N(c1ncncn1)c1ncncn1)S(=O)(=O)O)c1ccccc1. The average Bonchev–Trinajstić information content (AvgIpc) is 2.84. The molecule has 0 saturated heterocycles. The van der Waals surface area contributed by atoms with E-state index in [2.05, 4.69) is 29.9 Å². The fraction of sp³-hybridized carbons (Fsp3) is 0. The van der Waals surface area contributed by atoms with Crippen molar-refractivity contribution >= 4 is 47.6 Å². The summed E-state index contributed by atoms with van der Waals surface area (Å²) in [5, 5.41) is 0. The van der Waals surface area contributed by atoms with Crippen LogP contribution in [0.3, 0.4) is 0 Å². The normalized spacial score (nSPS) is 12.6. The van der Waals surface area contributed by atoms with Crippen LogP contribution in [-0.4, -0.2) is 55.8 Å². The summed E-state index contributed by atoms with van der Waals surface area (Å²) in [5.74, 6) is -0.108. The molecule has 2 aromatic carbocycles. The van der Waals surface area contributed by atoms with E-state index >= 15 is 0 Å². The van der Waals surface area contributed by atoms with Crippen LogP contribution in [0.1, 0.15) is 11.1 Å². The Bertz CT molecular complexity index is 1550. The van der Waals surface area contributed by atoms with E-state index in [9.17, 15) is 25.9 Å². The van der Waals surface area contributed by atoms with Crippen molar-refractivity contribution in [2.24, 2.45) is 0 Å². The van der Waals surface area contributed by atoms with Crippen molar-refractivity contribution in [2.75, 3.05) is 4.90 Å². The number of anilines is 3. The lowest BCUT2D eigenvalue weighted by Crippen LogP contribution is -2.19. The summed E-state index contributed by atoms with van der Waals surface area (Å²) < 4.78 is 70.5. The lowest BCUT2D eigenvalue weighted by molar-refractivity contribution is 0.491. The number of aromatic nitrogens is 6. The summed E-state index contributed by atoms with van der Waals surface area (Å²) in [6, 6.07) is 12.6. The fourth-order valence-electron chi connectivity index (χ4n) is 3.23. The van der Waals surface area contributed by atoms with E-state index in [1.807, 2.05) is 0 Å². The molecule has 2 aromatic heterocycles. The van der Waals surface area contributed by atoms with Crippen molar-refractivity contribution in [3.63, 3.8) is 0 Å². The lowest BCUT2D eigenvalue weighted by atomic mass is 10.1. The Morgan fingerprint density at radius 3 is 1.57 bits per heavy atom. The second-order valence-corrected chi connectivity index (χ2v) is 9.42. The molecule has 4 aromatic rings. The molecule has 0 aliphatic heterocycles. The molecular weight excluding hydrogens is 498 g/mol. The van der Waals surface area contributed by atoms with Crippen molar-refractivity contribution in [1.29, 1.82) is 0 Å². The third kappa shape index (κ3) is 5.17. The van der Waals surface area contributed by atoms with E-state index < -0.39 is 30.0 Å². The molecule has 2 N–H and O–H groups in total. The van der Waals surface area contributed by atoms with E-state index in [1.165, 1.54) is 78.7 Å². The first-order chi connectivity index (χ1) is 16.7. The summed E-state index contributed by atoms with van der Waals surface area (Å²) in [4.78, 5) is 22.8. The number of para-hydroxylation sites is 1. The van der Waals surface area contributed by atoms with Crippen LogP contribution in [0.15, 0.2) is 79.9 Å². The second-order valence-electron chi connectivity index (χ2n) is 6.70. The van der Waals surface area contributed by atoms with Crippen molar-refractivity contribution in [3.05, 3.63) is 91.0 Å². The highest BCUT2D eigenvalue weighted by atomic mass is 32.2. The molecule has 0 fully saturated rings. The highest BCUT2D eigenvalue weighted by Gasteiger charge is 2.34. The van der Waals surface area contributed by atoms with Gasteiger partial charge >= 0.3 is 0 Å². The van der Waals surface area contributed by atoms with E-state index in [0.29, 0.717) is 0 Å². The standard InChI is InChI=1S/C20H15N7O6S2/c28-34(29,30)17(14-6-2-1-3-7-14)18(35(31,32)33)15-8-4-5-9-16(15)27(19-23-10-21-11-24-19)20-25-12-22-13-26-20/h1-13H,(H,28,29,30)(H,31,32,33). The van der Waals surface area contributed by atoms with Gasteiger partial charge in [0.05, 0.1) is 5.69 Å². The molecule has 13 nitrogen and oxygen atoms in total. The molecule has 2 heterocycles. The number of hydrogen-bond donors (Lipinski definition) is 2. The van der Waals surface area contributed by atoms with Gasteiger partial charge in [-0.2, -0.15) is 16.8 Å². The first-order valence-electron chi connectivity index (χ1n) is 9.56. The third-order valence-corrected chi connectivity index (χ3v) is 6.53. The zero-order chi connectivity index (χ0) is 25.1. The first-order valence-corrected chi connectivity index (χ1v) is 12.4. The van der Waals surface area contributed by atoms with E-state index in [0.717, 1.165) is 0 Å². The van der Waals surface area contributed by atoms with Crippen molar-refractivity contribution in [2.45, 2.75) is 0 Å². The highest BCUT2D eigenvalue weighted by Crippen LogP contribution is 2.41. The molecule has 0 unspecified atom stereocenters. The zero-order valence-electron chi connectivity index (χ0n) is 17.5. The Morgan fingerprint density at radius 2 is 1.09 bits per heavy atom. The minimum Gasteiger partial charge on any atom is -0.282 e. The minimum atomic E-state index is -5.26. The predicted molar refractivity (Wildman–Crippen MR) is 124 cm³/mol. The molecular formula is C20H15N7O6S2. The number of nitrogens with zero attached hydrogens (tertiary/aromatic N) is 7. The summed E-state index contributed by atoms with van der Waals surface area (Å²) in [7, 11) is -10.4. The smallest absolute Gasteiger partial charge is 0.282 e. The Balaban J connectivity index is 2.13. The van der Waals surface area contributed by atoms with Crippen LogP contribution in [0.4, 0.5) is 17.6 Å². The molecule has 0 radical (unpaired) electrons. The number of rotatable bonds is 7. The quantitative estimate of drug-likeness (QED) is 0.270. The van der Waals surface area contributed by atoms with Gasteiger partial charge in [-0.05, 0) is 11.6 Å². The average molecular weight is 514 g/mol. The van der Waals surface area contributed by atoms with Gasteiger partial charge in [0.25, 0.3) is 20.2 Å². The van der Waals surface area contributed by atoms with Crippen LogP contribution in [0.2, 0.25) is 0 Å². The van der Waals surface area contributed by atoms with Gasteiger partial charge in [-0.25, -0.2) is 34.8 Å². The largest absolute Gasteiger partial charge is 0.296 e. The van der Waals surface area contributed by atoms with Crippen LogP contribution in [-0.2, 0) is 20.2 Å². The molecule has 0 saturated carbocycles. The fourth-order valence-corrected chi connectivity index (χ4v) is 5.44. The van der Waals surface area contributed by atoms with Gasteiger partial charge in [-0.3, -0.25) is 9.11 Å². The highest BCUT2D eigenvalue weighted by molar-refractivity contribution is 8.01. The maximum atomic E-state index is 12.7. The van der Waals surface area contributed by atoms with Crippen LogP contribution < -0.4 is 4.90 Å². The predicted octanol–water partition coefficient (Wildman–Crippen LogP) is 2.13. The van der Waals surface area contributed by atoms with Crippen LogP contribution in [0, 0.1) is 0 Å². The molecule has 0 aliphatic rings. The first kappa shape index (κ1) is 24.0. The van der Waals surface area contributed by atoms with Gasteiger partial charge in [0.2, 0.25) is 11.9 Å². The number of benzene rings is 2. The van der Waals surface area contributed by atoms with Gasteiger partial charge in [0.15, 0.2) is 0 Å². The van der Waals surface area contributed by atoms with Crippen LogP contribution >= 0.6 is 0 Å². The molecule has 178 valence electrons. The van der Waals surface area contributed by atoms with Gasteiger partial charge in [-0.15, -0.1) is 0 Å². The molecule has 4 rings (SSSR count). The van der Waals surface area contributed by atoms with Crippen LogP contribution in [0.25, 0.3) is 9.81 Å². The monoisotopic (exact) mass is 513 g/mol. The van der Waals surface area contributed by atoms with Crippen LogP contribution in [0.5, 0.6) is 0 Å². The molecule has 0 spiro atoms. The van der Waals surface area contributed by atoms with E-state index in [4.69, 9.17) is 0 Å². The Kier molecular flexibility index (Phi) is 6.57. The molecule has 0 bridgehead atoms. The van der Waals surface area contributed by atoms with Crippen molar-refractivity contribution in [1.82, 2.24) is 29.9 Å². The van der Waals surface area contributed by atoms with E-state index in [1.54, 1.807) is 6.07 Å². The maximum absolute atomic E-state index is 12.7. The van der Waals surface area contributed by atoms with Gasteiger partial charge < -0.3 is 0 Å². The van der Waals surface area contributed by atoms with Gasteiger partial charge in [0, 0.05) is 5.56 Å². The lowest BCUT2D eigenvalue weighted by Gasteiger charge is -2.23. The topological polar surface area (TPSA) is 189 Å². The minimum absolute atomic E-state index is 0.0328. The Labute approximate surface area is 199 Å². The zero-order valence-corrected chi connectivity index (χ0v) is 19.1. The molecule has 0 atom stereocenters. The maximum Gasteiger partial charge on any atom is 0.296 e. The van der Waals surface area contributed by atoms with Crippen molar-refractivity contribution in [3.8, 4) is 0 Å². The summed E-state index contributed by atoms with van der Waals surface area (Å²) in [6.07, 6.45) is 4.69. The molecule has 0 aliphatic carbocycles. The van der Waals surface area contributed by atoms with Gasteiger partial charge in [0.1, 0.15) is 35.1 Å². The molecule has 35 heavy (non-hydrogen) atoms. The van der Waals surface area contributed by atoms with Gasteiger partial charge in [-0.1, -0.05) is 48.5 Å². The molecule has 0 amide bonds. The van der Waals surface area contributed by atoms with E-state index in [-0.39, 0.29) is 28.7 Å². The second kappa shape index (κ2) is 9.59. The summed E-state index contributed by atoms with van der Waals surface area (Å²) in [6.45, 7) is 0. The van der Waals surface area contributed by atoms with Crippen molar-refractivity contribution < 1.29 is 25.9 Å². The third-order valence-electron chi connectivity index (χ3n) is 4.51.